The van der Waals surface area contributed by atoms with Crippen LogP contribution >= 0.6 is 0 Å². The van der Waals surface area contributed by atoms with Crippen LogP contribution in [0.5, 0.6) is 0 Å². The summed E-state index contributed by atoms with van der Waals surface area (Å²) in [5.41, 5.74) is 5.16. The third-order valence-corrected chi connectivity index (χ3v) is 5.26. The molecule has 0 aliphatic carbocycles. The van der Waals surface area contributed by atoms with E-state index in [1.807, 2.05) is 0 Å². The lowest BCUT2D eigenvalue weighted by Gasteiger charge is -2.28. The molecule has 1 aliphatic heterocycles. The molecular formula is C22H20FN5O5. The highest BCUT2D eigenvalue weighted by atomic mass is 19.1. The van der Waals surface area contributed by atoms with E-state index in [-0.39, 0.29) is 23.6 Å². The lowest BCUT2D eigenvalue weighted by atomic mass is 9.81. The first-order valence-corrected chi connectivity index (χ1v) is 10.0. The number of anilines is 1. The second kappa shape index (κ2) is 8.84. The number of esters is 2. The molecule has 0 saturated carbocycles. The first-order chi connectivity index (χ1) is 15.8. The fourth-order valence-corrected chi connectivity index (χ4v) is 3.52. The van der Waals surface area contributed by atoms with Crippen molar-refractivity contribution in [1.82, 2.24) is 19.5 Å². The van der Waals surface area contributed by atoms with Gasteiger partial charge in [-0.2, -0.15) is 14.4 Å². The topological polar surface area (TPSA) is 131 Å². The van der Waals surface area contributed by atoms with Crippen LogP contribution in [0.25, 0.3) is 16.9 Å². The zero-order chi connectivity index (χ0) is 23.6. The minimum absolute atomic E-state index is 0.109. The van der Waals surface area contributed by atoms with E-state index in [0.717, 1.165) is 0 Å². The minimum atomic E-state index is -1.72. The number of hydrogen-bond acceptors (Lipinski definition) is 9. The summed E-state index contributed by atoms with van der Waals surface area (Å²) >= 11 is 0. The van der Waals surface area contributed by atoms with Crippen molar-refractivity contribution in [3.63, 3.8) is 0 Å². The van der Waals surface area contributed by atoms with E-state index in [0.29, 0.717) is 24.3 Å². The van der Waals surface area contributed by atoms with Crippen molar-refractivity contribution in [3.8, 4) is 18.0 Å². The summed E-state index contributed by atoms with van der Waals surface area (Å²) in [6, 6.07) is 6.53. The molecule has 1 aliphatic rings. The number of nitrogen functional groups attached to an aromatic ring is 1. The second-order valence-corrected chi connectivity index (χ2v) is 7.44. The fourth-order valence-electron chi connectivity index (χ4n) is 3.52. The Balaban J connectivity index is 1.78. The molecule has 0 radical (unpaired) electrons. The highest BCUT2D eigenvalue weighted by molar-refractivity contribution is 5.88. The SMILES string of the molecule is C#C[C@@](COC(C)=O)(C(=O)OC1CCOC1)c1cccc(-n2cnc3c(N)nc(F)nc32)c1. The monoisotopic (exact) mass is 453 g/mol. The number of aromatic nitrogens is 4. The molecule has 11 heteroatoms. The fraction of sp³-hybridized carbons (Fsp3) is 0.318. The Hall–Kier alpha value is -4.04. The maximum Gasteiger partial charge on any atom is 0.332 e. The molecular weight excluding hydrogens is 433 g/mol. The van der Waals surface area contributed by atoms with Gasteiger partial charge in [0.1, 0.15) is 19.0 Å². The molecule has 1 unspecified atom stereocenters. The quantitative estimate of drug-likeness (QED) is 0.333. The van der Waals surface area contributed by atoms with Crippen molar-refractivity contribution in [2.24, 2.45) is 0 Å². The third-order valence-electron chi connectivity index (χ3n) is 5.26. The number of fused-ring (bicyclic) bond motifs is 1. The van der Waals surface area contributed by atoms with E-state index in [1.54, 1.807) is 24.3 Å². The van der Waals surface area contributed by atoms with Crippen LogP contribution in [0.15, 0.2) is 30.6 Å². The summed E-state index contributed by atoms with van der Waals surface area (Å²) in [4.78, 5) is 36.2. The van der Waals surface area contributed by atoms with Crippen LogP contribution in [0, 0.1) is 18.4 Å². The van der Waals surface area contributed by atoms with Gasteiger partial charge >= 0.3 is 18.0 Å². The van der Waals surface area contributed by atoms with Gasteiger partial charge in [-0.15, -0.1) is 6.42 Å². The van der Waals surface area contributed by atoms with E-state index in [9.17, 15) is 14.0 Å². The lowest BCUT2D eigenvalue weighted by molar-refractivity contribution is -0.158. The standard InChI is InChI=1S/C22H20FN5O5/c1-3-22(11-32-13(2)29,20(30)33-16-7-8-31-10-16)14-5-4-6-15(9-14)28-12-25-17-18(24)26-21(23)27-19(17)28/h1,4-6,9,12,16H,7-8,10-11H2,2H3,(H2,24,26,27)/t16?,22-/m0/s1. The van der Waals surface area contributed by atoms with Crippen LogP contribution < -0.4 is 5.73 Å². The molecule has 10 nitrogen and oxygen atoms in total. The van der Waals surface area contributed by atoms with Crippen LogP contribution in [0.1, 0.15) is 18.9 Å². The van der Waals surface area contributed by atoms with Crippen LogP contribution in [-0.4, -0.2) is 57.4 Å². The number of terminal acetylenes is 1. The average molecular weight is 453 g/mol. The Bertz CT molecular complexity index is 1260. The Labute approximate surface area is 187 Å². The van der Waals surface area contributed by atoms with Crippen LogP contribution in [0.2, 0.25) is 0 Å². The van der Waals surface area contributed by atoms with Crippen molar-refractivity contribution in [1.29, 1.82) is 0 Å². The number of nitrogens with two attached hydrogens (primary N) is 1. The summed E-state index contributed by atoms with van der Waals surface area (Å²) in [5, 5.41) is 0. The van der Waals surface area contributed by atoms with E-state index < -0.39 is 36.1 Å². The summed E-state index contributed by atoms with van der Waals surface area (Å²) in [6.45, 7) is 1.51. The zero-order valence-electron chi connectivity index (χ0n) is 17.7. The summed E-state index contributed by atoms with van der Waals surface area (Å²) in [7, 11) is 0. The molecule has 0 spiro atoms. The molecule has 33 heavy (non-hydrogen) atoms. The van der Waals surface area contributed by atoms with Crippen LogP contribution in [0.4, 0.5) is 10.2 Å². The Morgan fingerprint density at radius 1 is 1.42 bits per heavy atom. The van der Waals surface area contributed by atoms with E-state index in [4.69, 9.17) is 26.4 Å². The van der Waals surface area contributed by atoms with Gasteiger partial charge in [0.15, 0.2) is 22.4 Å². The van der Waals surface area contributed by atoms with Gasteiger partial charge in [0.2, 0.25) is 0 Å². The smallest absolute Gasteiger partial charge is 0.332 e. The largest absolute Gasteiger partial charge is 0.463 e. The molecule has 2 N–H and O–H groups in total. The molecule has 0 bridgehead atoms. The Kier molecular flexibility index (Phi) is 5.93. The minimum Gasteiger partial charge on any atom is -0.463 e. The van der Waals surface area contributed by atoms with Crippen LogP contribution in [0.3, 0.4) is 0 Å². The molecule has 0 amide bonds. The number of halogens is 1. The van der Waals surface area contributed by atoms with Gasteiger partial charge in [0, 0.05) is 19.0 Å². The van der Waals surface area contributed by atoms with Gasteiger partial charge in [-0.25, -0.2) is 9.78 Å². The van der Waals surface area contributed by atoms with Gasteiger partial charge in [0.25, 0.3) is 0 Å². The third kappa shape index (κ3) is 4.20. The Morgan fingerprint density at radius 2 is 2.24 bits per heavy atom. The molecule has 3 heterocycles. The summed E-state index contributed by atoms with van der Waals surface area (Å²) in [5.74, 6) is 1.01. The highest BCUT2D eigenvalue weighted by Crippen LogP contribution is 2.30. The van der Waals surface area contributed by atoms with Gasteiger partial charge in [0.05, 0.1) is 13.2 Å². The predicted molar refractivity (Wildman–Crippen MR) is 113 cm³/mol. The normalized spacial score (nSPS) is 17.3. The number of benzene rings is 1. The van der Waals surface area contributed by atoms with Gasteiger partial charge < -0.3 is 19.9 Å². The number of nitrogens with zero attached hydrogens (tertiary/aromatic N) is 4. The zero-order valence-corrected chi connectivity index (χ0v) is 17.7. The maximum absolute atomic E-state index is 13.8. The van der Waals surface area contributed by atoms with Crippen LogP contribution in [-0.2, 0) is 29.2 Å². The molecule has 1 saturated heterocycles. The molecule has 170 valence electrons. The molecule has 2 aromatic heterocycles. The summed E-state index contributed by atoms with van der Waals surface area (Å²) in [6.07, 6.45) is 6.29. The number of hydrogen-bond donors (Lipinski definition) is 1. The molecule has 1 aromatic carbocycles. The first-order valence-electron chi connectivity index (χ1n) is 10.0. The highest BCUT2D eigenvalue weighted by Gasteiger charge is 2.43. The number of carbonyl (C=O) groups excluding carboxylic acids is 2. The molecule has 4 rings (SSSR count). The molecule has 1 fully saturated rings. The number of imidazole rings is 1. The van der Waals surface area contributed by atoms with E-state index in [1.165, 1.54) is 17.8 Å². The molecule has 2 atom stereocenters. The first kappa shape index (κ1) is 22.2. The second-order valence-electron chi connectivity index (χ2n) is 7.44. The number of rotatable bonds is 6. The van der Waals surface area contributed by atoms with Crippen molar-refractivity contribution < 1.29 is 28.2 Å². The predicted octanol–water partition coefficient (Wildman–Crippen LogP) is 1.30. The van der Waals surface area contributed by atoms with Crippen molar-refractivity contribution in [2.45, 2.75) is 24.9 Å². The number of ether oxygens (including phenoxy) is 3. The average Bonchev–Trinajstić information content (AvgIpc) is 3.44. The van der Waals surface area contributed by atoms with Crippen molar-refractivity contribution in [2.75, 3.05) is 25.6 Å². The number of carbonyl (C=O) groups is 2. The van der Waals surface area contributed by atoms with Crippen molar-refractivity contribution >= 4 is 28.9 Å². The maximum atomic E-state index is 13.8. The van der Waals surface area contributed by atoms with Gasteiger partial charge in [-0.3, -0.25) is 9.36 Å². The van der Waals surface area contributed by atoms with Gasteiger partial charge in [-0.05, 0) is 17.7 Å². The van der Waals surface area contributed by atoms with E-state index >= 15 is 0 Å². The molecule has 3 aromatic rings. The van der Waals surface area contributed by atoms with Crippen molar-refractivity contribution in [3.05, 3.63) is 42.2 Å². The lowest BCUT2D eigenvalue weighted by Crippen LogP contribution is -2.43. The Morgan fingerprint density at radius 3 is 2.94 bits per heavy atom. The van der Waals surface area contributed by atoms with E-state index in [2.05, 4.69) is 20.9 Å². The summed E-state index contributed by atoms with van der Waals surface area (Å²) < 4.78 is 31.2. The van der Waals surface area contributed by atoms with Gasteiger partial charge in [-0.1, -0.05) is 18.1 Å².